The van der Waals surface area contributed by atoms with Crippen LogP contribution in [0.15, 0.2) is 12.1 Å². The van der Waals surface area contributed by atoms with E-state index in [0.717, 1.165) is 16.6 Å². The van der Waals surface area contributed by atoms with Crippen LogP contribution >= 0.6 is 11.3 Å². The van der Waals surface area contributed by atoms with Crippen LogP contribution in [-0.2, 0) is 12.0 Å². The number of hydrogen-bond acceptors (Lipinski definition) is 3. The Kier molecular flexibility index (Phi) is 4.39. The number of nitrogens with zero attached hydrogens (tertiary/aromatic N) is 1. The van der Waals surface area contributed by atoms with Gasteiger partial charge < -0.3 is 5.32 Å². The molecule has 0 aliphatic carbocycles. The lowest BCUT2D eigenvalue weighted by molar-refractivity contribution is 0.449. The molecule has 0 atom stereocenters. The highest BCUT2D eigenvalue weighted by molar-refractivity contribution is 7.15. The van der Waals surface area contributed by atoms with Crippen LogP contribution in [0, 0.1) is 17.5 Å². The third kappa shape index (κ3) is 3.11. The molecule has 6 heteroatoms. The molecule has 0 radical (unpaired) electrons. The summed E-state index contributed by atoms with van der Waals surface area (Å²) in [5.74, 6) is -3.85. The standard InChI is InChI=1S/C15H17F3N2S/c1-15(2,3)13-10(7-19-4)21-14(20-13)8-5-6-9(16)12(18)11(8)17/h5-6,19H,7H2,1-4H3. The quantitative estimate of drug-likeness (QED) is 0.857. The summed E-state index contributed by atoms with van der Waals surface area (Å²) in [6, 6.07) is 2.14. The van der Waals surface area contributed by atoms with Crippen molar-refractivity contribution >= 4 is 11.3 Å². The molecule has 2 nitrogen and oxygen atoms in total. The van der Waals surface area contributed by atoms with Crippen LogP contribution in [0.5, 0.6) is 0 Å². The Morgan fingerprint density at radius 3 is 2.38 bits per heavy atom. The Labute approximate surface area is 126 Å². The van der Waals surface area contributed by atoms with Gasteiger partial charge in [0.25, 0.3) is 0 Å². The number of rotatable bonds is 3. The summed E-state index contributed by atoms with van der Waals surface area (Å²) in [5.41, 5.74) is 0.614. The topological polar surface area (TPSA) is 24.9 Å². The van der Waals surface area contributed by atoms with Crippen LogP contribution in [0.4, 0.5) is 13.2 Å². The smallest absolute Gasteiger partial charge is 0.195 e. The van der Waals surface area contributed by atoms with E-state index in [-0.39, 0.29) is 11.0 Å². The van der Waals surface area contributed by atoms with E-state index in [4.69, 9.17) is 0 Å². The Balaban J connectivity index is 2.58. The van der Waals surface area contributed by atoms with Crippen molar-refractivity contribution < 1.29 is 13.2 Å². The van der Waals surface area contributed by atoms with Gasteiger partial charge in [0.05, 0.1) is 5.69 Å². The fourth-order valence-corrected chi connectivity index (χ4v) is 3.33. The van der Waals surface area contributed by atoms with Gasteiger partial charge in [-0.1, -0.05) is 20.8 Å². The molecule has 114 valence electrons. The predicted molar refractivity (Wildman–Crippen MR) is 78.9 cm³/mol. The van der Waals surface area contributed by atoms with Crippen LogP contribution in [0.2, 0.25) is 0 Å². The van der Waals surface area contributed by atoms with Crippen LogP contribution in [0.1, 0.15) is 31.3 Å². The maximum absolute atomic E-state index is 13.9. The molecule has 1 aromatic carbocycles. The lowest BCUT2D eigenvalue weighted by Gasteiger charge is -2.17. The summed E-state index contributed by atoms with van der Waals surface area (Å²) in [5, 5.41) is 3.40. The Bertz CT molecular complexity index is 660. The van der Waals surface area contributed by atoms with Crippen LogP contribution in [0.25, 0.3) is 10.6 Å². The molecule has 0 aliphatic heterocycles. The molecule has 1 heterocycles. The van der Waals surface area contributed by atoms with Gasteiger partial charge in [0.1, 0.15) is 5.01 Å². The molecular weight excluding hydrogens is 297 g/mol. The molecule has 0 aliphatic rings. The maximum Gasteiger partial charge on any atom is 0.195 e. The molecular formula is C15H17F3N2S. The Hall–Kier alpha value is -1.40. The number of benzene rings is 1. The van der Waals surface area contributed by atoms with Gasteiger partial charge in [-0.05, 0) is 19.2 Å². The van der Waals surface area contributed by atoms with E-state index in [9.17, 15) is 13.2 Å². The van der Waals surface area contributed by atoms with E-state index in [1.807, 2.05) is 27.8 Å². The largest absolute Gasteiger partial charge is 0.315 e. The lowest BCUT2D eigenvalue weighted by Crippen LogP contribution is -2.16. The second-order valence-corrected chi connectivity index (χ2v) is 6.88. The highest BCUT2D eigenvalue weighted by Gasteiger charge is 2.25. The Morgan fingerprint density at radius 1 is 1.14 bits per heavy atom. The van der Waals surface area contributed by atoms with Gasteiger partial charge in [0, 0.05) is 22.4 Å². The number of halogens is 3. The molecule has 0 unspecified atom stereocenters. The van der Waals surface area contributed by atoms with E-state index in [1.165, 1.54) is 17.4 Å². The average molecular weight is 314 g/mol. The zero-order valence-electron chi connectivity index (χ0n) is 12.4. The molecule has 1 aromatic heterocycles. The fourth-order valence-electron chi connectivity index (χ4n) is 2.02. The highest BCUT2D eigenvalue weighted by Crippen LogP contribution is 2.36. The van der Waals surface area contributed by atoms with E-state index < -0.39 is 17.5 Å². The second kappa shape index (κ2) is 5.77. The van der Waals surface area contributed by atoms with E-state index in [0.29, 0.717) is 11.6 Å². The predicted octanol–water partition coefficient (Wildman–Crippen LogP) is 4.24. The van der Waals surface area contributed by atoms with Crippen molar-refractivity contribution in [3.8, 4) is 10.6 Å². The molecule has 0 saturated heterocycles. The maximum atomic E-state index is 13.9. The number of nitrogens with one attached hydrogen (secondary N) is 1. The average Bonchev–Trinajstić information content (AvgIpc) is 2.80. The summed E-state index contributed by atoms with van der Waals surface area (Å²) in [4.78, 5) is 5.41. The third-order valence-corrected chi connectivity index (χ3v) is 4.10. The Morgan fingerprint density at radius 2 is 1.81 bits per heavy atom. The van der Waals surface area contributed by atoms with Crippen molar-refractivity contribution in [2.75, 3.05) is 7.05 Å². The van der Waals surface area contributed by atoms with E-state index in [1.54, 1.807) is 0 Å². The van der Waals surface area contributed by atoms with Crippen molar-refractivity contribution in [1.82, 2.24) is 10.3 Å². The molecule has 2 aromatic rings. The van der Waals surface area contributed by atoms with Gasteiger partial charge in [0.2, 0.25) is 0 Å². The van der Waals surface area contributed by atoms with Gasteiger partial charge in [-0.3, -0.25) is 0 Å². The monoisotopic (exact) mass is 314 g/mol. The van der Waals surface area contributed by atoms with E-state index >= 15 is 0 Å². The highest BCUT2D eigenvalue weighted by atomic mass is 32.1. The van der Waals surface area contributed by atoms with Crippen LogP contribution in [0.3, 0.4) is 0 Å². The zero-order valence-corrected chi connectivity index (χ0v) is 13.2. The third-order valence-electron chi connectivity index (χ3n) is 3.01. The number of aromatic nitrogens is 1. The first-order chi connectivity index (χ1) is 9.75. The van der Waals surface area contributed by atoms with Crippen molar-refractivity contribution in [2.45, 2.75) is 32.7 Å². The van der Waals surface area contributed by atoms with Crippen molar-refractivity contribution in [2.24, 2.45) is 0 Å². The summed E-state index contributed by atoms with van der Waals surface area (Å²) >= 11 is 1.29. The van der Waals surface area contributed by atoms with E-state index in [2.05, 4.69) is 10.3 Å². The van der Waals surface area contributed by atoms with Gasteiger partial charge in [-0.15, -0.1) is 11.3 Å². The van der Waals surface area contributed by atoms with Crippen molar-refractivity contribution in [3.05, 3.63) is 40.2 Å². The number of thiazole rings is 1. The summed E-state index contributed by atoms with van der Waals surface area (Å²) < 4.78 is 40.3. The summed E-state index contributed by atoms with van der Waals surface area (Å²) in [6.45, 7) is 6.61. The first-order valence-electron chi connectivity index (χ1n) is 6.54. The first-order valence-corrected chi connectivity index (χ1v) is 7.36. The molecule has 0 fully saturated rings. The molecule has 0 saturated carbocycles. The molecule has 2 rings (SSSR count). The lowest BCUT2D eigenvalue weighted by atomic mass is 9.91. The number of hydrogen-bond donors (Lipinski definition) is 1. The summed E-state index contributed by atoms with van der Waals surface area (Å²) in [6.07, 6.45) is 0. The fraction of sp³-hybridized carbons (Fsp3) is 0.400. The SMILES string of the molecule is CNCc1sc(-c2ccc(F)c(F)c2F)nc1C(C)(C)C. The van der Waals surface area contributed by atoms with Gasteiger partial charge in [-0.2, -0.15) is 0 Å². The first kappa shape index (κ1) is 16.0. The van der Waals surface area contributed by atoms with Gasteiger partial charge in [0.15, 0.2) is 17.5 Å². The molecule has 0 spiro atoms. The summed E-state index contributed by atoms with van der Waals surface area (Å²) in [7, 11) is 1.81. The second-order valence-electron chi connectivity index (χ2n) is 5.79. The molecule has 1 N–H and O–H groups in total. The van der Waals surface area contributed by atoms with Crippen molar-refractivity contribution in [3.63, 3.8) is 0 Å². The molecule has 0 amide bonds. The minimum Gasteiger partial charge on any atom is -0.315 e. The van der Waals surface area contributed by atoms with Gasteiger partial charge in [-0.25, -0.2) is 18.2 Å². The normalized spacial score (nSPS) is 12.0. The van der Waals surface area contributed by atoms with Gasteiger partial charge >= 0.3 is 0 Å². The molecule has 21 heavy (non-hydrogen) atoms. The van der Waals surface area contributed by atoms with Crippen LogP contribution in [-0.4, -0.2) is 12.0 Å². The van der Waals surface area contributed by atoms with Crippen LogP contribution < -0.4 is 5.32 Å². The minimum absolute atomic E-state index is 0.00764. The zero-order chi connectivity index (χ0) is 15.8. The molecule has 0 bridgehead atoms. The minimum atomic E-state index is -1.46. The van der Waals surface area contributed by atoms with Crippen molar-refractivity contribution in [1.29, 1.82) is 0 Å².